The molecule has 1 N–H and O–H groups in total. The minimum Gasteiger partial charge on any atom is -0.358 e. The molecule has 0 saturated carbocycles. The molecular weight excluding hydrogens is 355 g/mol. The average molecular weight is 372 g/mol. The lowest BCUT2D eigenvalue weighted by molar-refractivity contribution is 0.0735. The maximum absolute atomic E-state index is 13.6. The minimum absolute atomic E-state index is 0.165. The molecule has 7 heteroatoms. The summed E-state index contributed by atoms with van der Waals surface area (Å²) in [6, 6.07) is 10.6. The van der Waals surface area contributed by atoms with Crippen molar-refractivity contribution in [1.29, 1.82) is 0 Å². The van der Waals surface area contributed by atoms with Crippen molar-refractivity contribution in [2.45, 2.75) is 17.9 Å². The molecule has 0 radical (unpaired) electrons. The maximum atomic E-state index is 13.6. The number of hydrogen-bond donors (Lipinski definition) is 1. The van der Waals surface area contributed by atoms with Crippen LogP contribution in [-0.2, 0) is 22.8 Å². The minimum atomic E-state index is -3.30. The van der Waals surface area contributed by atoms with E-state index in [0.717, 1.165) is 28.4 Å². The molecule has 1 aliphatic rings. The summed E-state index contributed by atoms with van der Waals surface area (Å²) in [4.78, 5) is 18.0. The molecule has 1 aromatic heterocycles. The Balaban J connectivity index is 1.63. The number of rotatable bonds is 2. The number of aromatic nitrogens is 1. The molecule has 134 valence electrons. The molecule has 0 aliphatic carbocycles. The molecule has 4 rings (SSSR count). The van der Waals surface area contributed by atoms with E-state index in [-0.39, 0.29) is 16.6 Å². The van der Waals surface area contributed by atoms with Gasteiger partial charge in [-0.1, -0.05) is 0 Å². The normalized spacial score (nSPS) is 14.5. The summed E-state index contributed by atoms with van der Waals surface area (Å²) in [7, 11) is -3.30. The van der Waals surface area contributed by atoms with Crippen molar-refractivity contribution >= 4 is 26.6 Å². The molecule has 2 heterocycles. The molecular formula is C19H17FN2O3S. The Labute approximate surface area is 150 Å². The van der Waals surface area contributed by atoms with Crippen LogP contribution in [0.5, 0.6) is 0 Å². The number of amides is 1. The van der Waals surface area contributed by atoms with E-state index < -0.39 is 9.84 Å². The van der Waals surface area contributed by atoms with Gasteiger partial charge in [0.1, 0.15) is 5.82 Å². The molecule has 2 aromatic carbocycles. The van der Waals surface area contributed by atoms with Gasteiger partial charge in [-0.15, -0.1) is 0 Å². The predicted octanol–water partition coefficient (Wildman–Crippen LogP) is 2.91. The molecule has 1 amide bonds. The van der Waals surface area contributed by atoms with E-state index in [4.69, 9.17) is 0 Å². The number of fused-ring (bicyclic) bond motifs is 3. The van der Waals surface area contributed by atoms with Gasteiger partial charge in [0, 0.05) is 53.5 Å². The smallest absolute Gasteiger partial charge is 0.254 e. The highest BCUT2D eigenvalue weighted by Crippen LogP contribution is 2.29. The van der Waals surface area contributed by atoms with Crippen LogP contribution >= 0.6 is 0 Å². The van der Waals surface area contributed by atoms with Crippen LogP contribution in [0.15, 0.2) is 47.4 Å². The van der Waals surface area contributed by atoms with Gasteiger partial charge in [-0.2, -0.15) is 0 Å². The zero-order chi connectivity index (χ0) is 18.5. The van der Waals surface area contributed by atoms with E-state index in [2.05, 4.69) is 4.98 Å². The Hall–Kier alpha value is -2.67. The second-order valence-electron chi connectivity index (χ2n) is 6.55. The summed E-state index contributed by atoms with van der Waals surface area (Å²) in [5.74, 6) is -0.472. The first-order valence-electron chi connectivity index (χ1n) is 8.21. The summed E-state index contributed by atoms with van der Waals surface area (Å²) in [5, 5.41) is 0.796. The van der Waals surface area contributed by atoms with E-state index in [0.29, 0.717) is 25.1 Å². The van der Waals surface area contributed by atoms with Gasteiger partial charge in [-0.3, -0.25) is 4.79 Å². The zero-order valence-electron chi connectivity index (χ0n) is 14.1. The van der Waals surface area contributed by atoms with Gasteiger partial charge in [0.2, 0.25) is 0 Å². The van der Waals surface area contributed by atoms with Crippen LogP contribution in [0.1, 0.15) is 21.6 Å². The molecule has 0 bridgehead atoms. The molecule has 0 spiro atoms. The summed E-state index contributed by atoms with van der Waals surface area (Å²) in [6.45, 7) is 0.945. The molecule has 3 aromatic rings. The van der Waals surface area contributed by atoms with Crippen molar-refractivity contribution in [3.05, 3.63) is 65.1 Å². The van der Waals surface area contributed by atoms with E-state index in [9.17, 15) is 17.6 Å². The van der Waals surface area contributed by atoms with Gasteiger partial charge in [-0.25, -0.2) is 12.8 Å². The lowest BCUT2D eigenvalue weighted by Crippen LogP contribution is -2.35. The van der Waals surface area contributed by atoms with Crippen LogP contribution in [-0.4, -0.2) is 37.0 Å². The van der Waals surface area contributed by atoms with Crippen molar-refractivity contribution in [3.63, 3.8) is 0 Å². The van der Waals surface area contributed by atoms with Gasteiger partial charge in [0.15, 0.2) is 9.84 Å². The van der Waals surface area contributed by atoms with E-state index in [1.54, 1.807) is 11.0 Å². The Morgan fingerprint density at radius 2 is 1.88 bits per heavy atom. The first-order chi connectivity index (χ1) is 12.3. The molecule has 26 heavy (non-hydrogen) atoms. The van der Waals surface area contributed by atoms with Crippen LogP contribution in [0.2, 0.25) is 0 Å². The molecule has 5 nitrogen and oxygen atoms in total. The summed E-state index contributed by atoms with van der Waals surface area (Å²) >= 11 is 0. The third-order valence-electron chi connectivity index (χ3n) is 4.75. The summed E-state index contributed by atoms with van der Waals surface area (Å²) in [5.41, 5.74) is 3.27. The van der Waals surface area contributed by atoms with Gasteiger partial charge < -0.3 is 9.88 Å². The zero-order valence-corrected chi connectivity index (χ0v) is 14.9. The average Bonchev–Trinajstić information content (AvgIpc) is 2.97. The highest BCUT2D eigenvalue weighted by molar-refractivity contribution is 7.90. The second kappa shape index (κ2) is 5.95. The lowest BCUT2D eigenvalue weighted by atomic mass is 10.0. The van der Waals surface area contributed by atoms with Crippen LogP contribution in [0.4, 0.5) is 4.39 Å². The van der Waals surface area contributed by atoms with Gasteiger partial charge >= 0.3 is 0 Å². The number of H-pyrrole nitrogens is 1. The number of carbonyl (C=O) groups is 1. The maximum Gasteiger partial charge on any atom is 0.254 e. The number of sulfone groups is 1. The number of nitrogens with one attached hydrogen (secondary N) is 1. The number of carbonyl (C=O) groups excluding carboxylic acids is 1. The van der Waals surface area contributed by atoms with Crippen LogP contribution in [0, 0.1) is 5.82 Å². The molecule has 0 fully saturated rings. The van der Waals surface area contributed by atoms with Gasteiger partial charge in [0.25, 0.3) is 5.91 Å². The fourth-order valence-electron chi connectivity index (χ4n) is 3.39. The van der Waals surface area contributed by atoms with Crippen LogP contribution in [0.3, 0.4) is 0 Å². The Bertz CT molecular complexity index is 1120. The Morgan fingerprint density at radius 3 is 2.58 bits per heavy atom. The van der Waals surface area contributed by atoms with Crippen molar-refractivity contribution in [1.82, 2.24) is 9.88 Å². The van der Waals surface area contributed by atoms with E-state index >= 15 is 0 Å². The summed E-state index contributed by atoms with van der Waals surface area (Å²) < 4.78 is 36.7. The number of halogens is 1. The van der Waals surface area contributed by atoms with Crippen molar-refractivity contribution in [3.8, 4) is 0 Å². The third-order valence-corrected chi connectivity index (χ3v) is 5.88. The highest BCUT2D eigenvalue weighted by atomic mass is 32.2. The van der Waals surface area contributed by atoms with E-state index in [1.165, 1.54) is 36.4 Å². The number of hydrogen-bond acceptors (Lipinski definition) is 3. The molecule has 0 unspecified atom stereocenters. The largest absolute Gasteiger partial charge is 0.358 e. The number of nitrogens with zero attached hydrogens (tertiary/aromatic N) is 1. The van der Waals surface area contributed by atoms with Gasteiger partial charge in [0.05, 0.1) is 4.90 Å². The SMILES string of the molecule is CS(=O)(=O)c1ccc(C(=O)N2CCc3[nH]c4ccc(F)cc4c3C2)cc1. The first kappa shape index (κ1) is 16.8. The monoisotopic (exact) mass is 372 g/mol. The number of benzene rings is 2. The van der Waals surface area contributed by atoms with Gasteiger partial charge in [-0.05, 0) is 42.5 Å². The van der Waals surface area contributed by atoms with Crippen LogP contribution in [0.25, 0.3) is 10.9 Å². The predicted molar refractivity (Wildman–Crippen MR) is 96.3 cm³/mol. The van der Waals surface area contributed by atoms with Crippen LogP contribution < -0.4 is 0 Å². The lowest BCUT2D eigenvalue weighted by Gasteiger charge is -2.27. The second-order valence-corrected chi connectivity index (χ2v) is 8.56. The van der Waals surface area contributed by atoms with E-state index in [1.807, 2.05) is 0 Å². The standard InChI is InChI=1S/C19H17FN2O3S/c1-26(24,25)14-5-2-12(3-6-14)19(23)22-9-8-18-16(11-22)15-10-13(20)4-7-17(15)21-18/h2-7,10,21H,8-9,11H2,1H3. The molecule has 1 aliphatic heterocycles. The Morgan fingerprint density at radius 1 is 1.15 bits per heavy atom. The van der Waals surface area contributed by atoms with Crippen molar-refractivity contribution < 1.29 is 17.6 Å². The summed E-state index contributed by atoms with van der Waals surface area (Å²) in [6.07, 6.45) is 1.80. The van der Waals surface area contributed by atoms with Crippen molar-refractivity contribution in [2.75, 3.05) is 12.8 Å². The topological polar surface area (TPSA) is 70.2 Å². The van der Waals surface area contributed by atoms with Crippen molar-refractivity contribution in [2.24, 2.45) is 0 Å². The quantitative estimate of drug-likeness (QED) is 0.752. The third kappa shape index (κ3) is 2.88. The first-order valence-corrected chi connectivity index (χ1v) is 10.1. The fraction of sp³-hybridized carbons (Fsp3) is 0.211. The molecule has 0 saturated heterocycles. The number of aromatic amines is 1. The Kier molecular flexibility index (Phi) is 3.84. The highest BCUT2D eigenvalue weighted by Gasteiger charge is 2.25. The molecule has 0 atom stereocenters. The fourth-order valence-corrected chi connectivity index (χ4v) is 4.02.